The van der Waals surface area contributed by atoms with Gasteiger partial charge in [-0.25, -0.2) is 0 Å². The fourth-order valence-electron chi connectivity index (χ4n) is 6.26. The standard InChI is InChI=1S/C26H20N2.C18H16N2/c27-19-13-9-17(10-14-19)25-21-5-1-2-6-22(21)26(18-11-15-20(28)16-12-18)24-8-4-3-7-23(24)25;19-17-9-5-15(6-10-17)13-1-2-14(4-3-13)16-7-11-18(20)12-8-16/h1-16H,27-28H2;1-12H,19-20H2. The maximum atomic E-state index is 5.93. The Morgan fingerprint density at radius 2 is 0.396 bits per heavy atom. The summed E-state index contributed by atoms with van der Waals surface area (Å²) in [6.07, 6.45) is 0. The molecule has 0 aromatic heterocycles. The first-order valence-corrected chi connectivity index (χ1v) is 15.9. The van der Waals surface area contributed by atoms with E-state index in [2.05, 4.69) is 97.1 Å². The van der Waals surface area contributed by atoms with Gasteiger partial charge in [-0.1, -0.05) is 121 Å². The quantitative estimate of drug-likeness (QED) is 0.116. The molecule has 0 radical (unpaired) electrons. The molecule has 0 bridgehead atoms. The summed E-state index contributed by atoms with van der Waals surface area (Å²) in [7, 11) is 0. The Labute approximate surface area is 280 Å². The van der Waals surface area contributed by atoms with Crippen molar-refractivity contribution in [1.82, 2.24) is 0 Å². The summed E-state index contributed by atoms with van der Waals surface area (Å²) < 4.78 is 0. The van der Waals surface area contributed by atoms with Gasteiger partial charge in [0, 0.05) is 22.7 Å². The molecule has 48 heavy (non-hydrogen) atoms. The summed E-state index contributed by atoms with van der Waals surface area (Å²) in [4.78, 5) is 0. The SMILES string of the molecule is Nc1ccc(-c2c3ccccc3c(-c3ccc(N)cc3)c3ccccc23)cc1.Nc1ccc(-c2ccc(-c3ccc(N)cc3)cc2)cc1. The number of anilines is 4. The van der Waals surface area contributed by atoms with Crippen LogP contribution in [-0.4, -0.2) is 0 Å². The van der Waals surface area contributed by atoms with E-state index in [1.807, 2.05) is 72.8 Å². The van der Waals surface area contributed by atoms with Crippen LogP contribution in [0.4, 0.5) is 22.7 Å². The van der Waals surface area contributed by atoms with Gasteiger partial charge in [-0.05, 0) is 115 Å². The molecule has 8 N–H and O–H groups in total. The Hall–Kier alpha value is -6.52. The Morgan fingerprint density at radius 1 is 0.208 bits per heavy atom. The van der Waals surface area contributed by atoms with Gasteiger partial charge in [0.15, 0.2) is 0 Å². The molecule has 0 atom stereocenters. The van der Waals surface area contributed by atoms with Gasteiger partial charge in [-0.2, -0.15) is 0 Å². The molecule has 0 amide bonds. The van der Waals surface area contributed by atoms with E-state index in [0.717, 1.165) is 22.7 Å². The Balaban J connectivity index is 0.000000161. The lowest BCUT2D eigenvalue weighted by Gasteiger charge is -2.17. The summed E-state index contributed by atoms with van der Waals surface area (Å²) >= 11 is 0. The topological polar surface area (TPSA) is 104 Å². The lowest BCUT2D eigenvalue weighted by atomic mass is 9.86. The van der Waals surface area contributed by atoms with Crippen molar-refractivity contribution in [3.8, 4) is 44.5 Å². The minimum atomic E-state index is 0.774. The number of nitrogens with two attached hydrogens (primary N) is 4. The molecule has 8 aromatic carbocycles. The highest BCUT2D eigenvalue weighted by Gasteiger charge is 2.16. The van der Waals surface area contributed by atoms with Gasteiger partial charge >= 0.3 is 0 Å². The zero-order valence-electron chi connectivity index (χ0n) is 26.5. The molecule has 4 heteroatoms. The van der Waals surface area contributed by atoms with Crippen molar-refractivity contribution in [3.63, 3.8) is 0 Å². The van der Waals surface area contributed by atoms with E-state index in [1.165, 1.54) is 66.1 Å². The molecule has 0 aliphatic rings. The Morgan fingerprint density at radius 3 is 0.625 bits per heavy atom. The fourth-order valence-corrected chi connectivity index (χ4v) is 6.26. The number of benzene rings is 8. The molecule has 0 saturated heterocycles. The summed E-state index contributed by atoms with van der Waals surface area (Å²) in [6.45, 7) is 0. The van der Waals surface area contributed by atoms with Gasteiger partial charge < -0.3 is 22.9 Å². The largest absolute Gasteiger partial charge is 0.399 e. The predicted octanol–water partition coefficient (Wildman–Crippen LogP) is 10.7. The molecule has 0 fully saturated rings. The van der Waals surface area contributed by atoms with E-state index >= 15 is 0 Å². The van der Waals surface area contributed by atoms with Crippen molar-refractivity contribution in [1.29, 1.82) is 0 Å². The first-order valence-electron chi connectivity index (χ1n) is 15.9. The van der Waals surface area contributed by atoms with Crippen molar-refractivity contribution < 1.29 is 0 Å². The summed E-state index contributed by atoms with van der Waals surface area (Å²) in [5.41, 5.74) is 35.9. The molecule has 4 nitrogen and oxygen atoms in total. The third kappa shape index (κ3) is 6.15. The number of hydrogen-bond donors (Lipinski definition) is 4. The molecule has 0 unspecified atom stereocenters. The monoisotopic (exact) mass is 620 g/mol. The second kappa shape index (κ2) is 13.1. The molecular formula is C44H36N4. The third-order valence-corrected chi connectivity index (χ3v) is 8.70. The lowest BCUT2D eigenvalue weighted by molar-refractivity contribution is 1.58. The van der Waals surface area contributed by atoms with E-state index < -0.39 is 0 Å². The maximum Gasteiger partial charge on any atom is 0.0314 e. The van der Waals surface area contributed by atoms with E-state index in [1.54, 1.807) is 0 Å². The average Bonchev–Trinajstić information content (AvgIpc) is 3.13. The molecular weight excluding hydrogens is 585 g/mol. The summed E-state index contributed by atoms with van der Waals surface area (Å²) in [5, 5.41) is 4.94. The molecule has 8 rings (SSSR count). The average molecular weight is 621 g/mol. The second-order valence-electron chi connectivity index (χ2n) is 11.9. The van der Waals surface area contributed by atoms with Crippen LogP contribution in [0.25, 0.3) is 66.1 Å². The number of nitrogen functional groups attached to an aromatic ring is 4. The van der Waals surface area contributed by atoms with E-state index in [0.29, 0.717) is 0 Å². The lowest BCUT2D eigenvalue weighted by Crippen LogP contribution is -1.91. The van der Waals surface area contributed by atoms with Crippen LogP contribution in [0.5, 0.6) is 0 Å². The normalized spacial score (nSPS) is 10.8. The summed E-state index contributed by atoms with van der Waals surface area (Å²) in [5.74, 6) is 0. The zero-order valence-corrected chi connectivity index (χ0v) is 26.5. The number of rotatable bonds is 4. The van der Waals surface area contributed by atoms with Gasteiger partial charge in [0.25, 0.3) is 0 Å². The Bertz CT molecular complexity index is 2100. The van der Waals surface area contributed by atoms with Crippen molar-refractivity contribution in [2.45, 2.75) is 0 Å². The van der Waals surface area contributed by atoms with Crippen molar-refractivity contribution >= 4 is 44.3 Å². The van der Waals surface area contributed by atoms with Gasteiger partial charge in [-0.3, -0.25) is 0 Å². The van der Waals surface area contributed by atoms with Gasteiger partial charge in [0.1, 0.15) is 0 Å². The molecule has 0 aliphatic heterocycles. The van der Waals surface area contributed by atoms with E-state index in [4.69, 9.17) is 22.9 Å². The Kier molecular flexibility index (Phi) is 8.21. The fraction of sp³-hybridized carbons (Fsp3) is 0. The molecule has 0 aliphatic carbocycles. The van der Waals surface area contributed by atoms with Crippen LogP contribution in [0.2, 0.25) is 0 Å². The summed E-state index contributed by atoms with van der Waals surface area (Å²) in [6, 6.07) is 57.8. The number of hydrogen-bond acceptors (Lipinski definition) is 4. The molecule has 0 spiro atoms. The maximum absolute atomic E-state index is 5.93. The zero-order chi connectivity index (χ0) is 33.0. The van der Waals surface area contributed by atoms with Crippen LogP contribution < -0.4 is 22.9 Å². The molecule has 0 heterocycles. The van der Waals surface area contributed by atoms with E-state index in [9.17, 15) is 0 Å². The van der Waals surface area contributed by atoms with Crippen LogP contribution in [0.3, 0.4) is 0 Å². The highest BCUT2D eigenvalue weighted by Crippen LogP contribution is 2.43. The predicted molar refractivity (Wildman–Crippen MR) is 207 cm³/mol. The van der Waals surface area contributed by atoms with Crippen LogP contribution in [0.1, 0.15) is 0 Å². The van der Waals surface area contributed by atoms with Gasteiger partial charge in [-0.15, -0.1) is 0 Å². The minimum absolute atomic E-state index is 0.774. The molecule has 8 aromatic rings. The second-order valence-corrected chi connectivity index (χ2v) is 11.9. The van der Waals surface area contributed by atoms with Crippen LogP contribution in [0, 0.1) is 0 Å². The third-order valence-electron chi connectivity index (χ3n) is 8.70. The highest BCUT2D eigenvalue weighted by molar-refractivity contribution is 6.21. The van der Waals surface area contributed by atoms with Crippen molar-refractivity contribution in [3.05, 3.63) is 170 Å². The van der Waals surface area contributed by atoms with Gasteiger partial charge in [0.05, 0.1) is 0 Å². The van der Waals surface area contributed by atoms with Crippen LogP contribution in [-0.2, 0) is 0 Å². The minimum Gasteiger partial charge on any atom is -0.399 e. The van der Waals surface area contributed by atoms with Crippen molar-refractivity contribution in [2.75, 3.05) is 22.9 Å². The molecule has 0 saturated carbocycles. The first-order chi connectivity index (χ1) is 23.4. The highest BCUT2D eigenvalue weighted by atomic mass is 14.5. The van der Waals surface area contributed by atoms with Crippen molar-refractivity contribution in [2.24, 2.45) is 0 Å². The van der Waals surface area contributed by atoms with E-state index in [-0.39, 0.29) is 0 Å². The van der Waals surface area contributed by atoms with Crippen LogP contribution >= 0.6 is 0 Å². The number of fused-ring (bicyclic) bond motifs is 2. The smallest absolute Gasteiger partial charge is 0.0314 e. The van der Waals surface area contributed by atoms with Crippen LogP contribution in [0.15, 0.2) is 170 Å². The molecule has 232 valence electrons. The van der Waals surface area contributed by atoms with Gasteiger partial charge in [0.2, 0.25) is 0 Å². The first kappa shape index (κ1) is 30.2.